The normalized spacial score (nSPS) is 13.2. The second kappa shape index (κ2) is 27.1. The van der Waals surface area contributed by atoms with Gasteiger partial charge >= 0.3 is 5.97 Å². The van der Waals surface area contributed by atoms with Gasteiger partial charge in [0.05, 0.1) is 12.5 Å². The fraction of sp³-hybridized carbons (Fsp3) is 0.969. The van der Waals surface area contributed by atoms with Gasteiger partial charge in [-0.2, -0.15) is 0 Å². The van der Waals surface area contributed by atoms with Gasteiger partial charge < -0.3 is 4.74 Å². The summed E-state index contributed by atoms with van der Waals surface area (Å²) in [5.74, 6) is 0.684. The summed E-state index contributed by atoms with van der Waals surface area (Å²) in [6.45, 7) is 9.56. The second-order valence-corrected chi connectivity index (χ2v) is 11.1. The molecule has 0 aliphatic carbocycles. The third-order valence-electron chi connectivity index (χ3n) is 7.54. The number of rotatable bonds is 27. The van der Waals surface area contributed by atoms with Crippen molar-refractivity contribution >= 4 is 5.97 Å². The maximum Gasteiger partial charge on any atom is 0.308 e. The van der Waals surface area contributed by atoms with Gasteiger partial charge in [0.15, 0.2) is 0 Å². The van der Waals surface area contributed by atoms with E-state index in [-0.39, 0.29) is 11.9 Å². The monoisotopic (exact) mass is 480 g/mol. The topological polar surface area (TPSA) is 26.3 Å². The molecule has 0 aliphatic rings. The molecule has 2 nitrogen and oxygen atoms in total. The average Bonchev–Trinajstić information content (AvgIpc) is 2.84. The van der Waals surface area contributed by atoms with Crippen LogP contribution in [0.4, 0.5) is 0 Å². The number of hydrogen-bond donors (Lipinski definition) is 0. The summed E-state index contributed by atoms with van der Waals surface area (Å²) in [4.78, 5) is 12.6. The van der Waals surface area contributed by atoms with Crippen molar-refractivity contribution in [1.29, 1.82) is 0 Å². The molecule has 0 N–H and O–H groups in total. The number of hydrogen-bond acceptors (Lipinski definition) is 2. The molecule has 2 heteroatoms. The van der Waals surface area contributed by atoms with E-state index in [4.69, 9.17) is 4.74 Å². The van der Waals surface area contributed by atoms with Gasteiger partial charge in [-0.25, -0.2) is 0 Å². The standard InChI is InChI=1S/C32H64O2/c1-5-8-11-14-16-18-21-23-26-30(4)32(33)34-29-31(27-24-20-13-10-7-3)28-25-22-19-17-15-12-9-6-2/h30-31H,5-29H2,1-4H3. The molecule has 0 amide bonds. The molecule has 0 radical (unpaired) electrons. The van der Waals surface area contributed by atoms with Crippen molar-refractivity contribution in [3.63, 3.8) is 0 Å². The van der Waals surface area contributed by atoms with E-state index in [1.807, 2.05) is 0 Å². The Morgan fingerprint density at radius 1 is 0.500 bits per heavy atom. The molecule has 0 aliphatic heterocycles. The van der Waals surface area contributed by atoms with E-state index in [2.05, 4.69) is 27.7 Å². The second-order valence-electron chi connectivity index (χ2n) is 11.1. The maximum absolute atomic E-state index is 12.6. The zero-order valence-electron chi connectivity index (χ0n) is 24.1. The van der Waals surface area contributed by atoms with E-state index in [1.54, 1.807) is 0 Å². The molecule has 0 heterocycles. The largest absolute Gasteiger partial charge is 0.465 e. The molecule has 2 atom stereocenters. The van der Waals surface area contributed by atoms with Gasteiger partial charge in [-0.05, 0) is 25.2 Å². The molecule has 0 fully saturated rings. The van der Waals surface area contributed by atoms with Crippen LogP contribution in [0.5, 0.6) is 0 Å². The molecule has 204 valence electrons. The summed E-state index contributed by atoms with van der Waals surface area (Å²) in [5, 5.41) is 0. The van der Waals surface area contributed by atoms with Crippen LogP contribution in [-0.2, 0) is 9.53 Å². The molecule has 34 heavy (non-hydrogen) atoms. The zero-order valence-corrected chi connectivity index (χ0v) is 24.1. The highest BCUT2D eigenvalue weighted by Crippen LogP contribution is 2.21. The van der Waals surface area contributed by atoms with Crippen LogP contribution in [-0.4, -0.2) is 12.6 Å². The lowest BCUT2D eigenvalue weighted by molar-refractivity contribution is -0.149. The van der Waals surface area contributed by atoms with Gasteiger partial charge in [0.2, 0.25) is 0 Å². The first-order chi connectivity index (χ1) is 16.7. The lowest BCUT2D eigenvalue weighted by Gasteiger charge is -2.19. The Morgan fingerprint density at radius 2 is 0.824 bits per heavy atom. The minimum Gasteiger partial charge on any atom is -0.465 e. The van der Waals surface area contributed by atoms with Gasteiger partial charge in [0, 0.05) is 0 Å². The number of ether oxygens (including phenoxy) is 1. The van der Waals surface area contributed by atoms with Gasteiger partial charge in [0.1, 0.15) is 0 Å². The quantitative estimate of drug-likeness (QED) is 0.0862. The summed E-state index contributed by atoms with van der Waals surface area (Å²) in [7, 11) is 0. The summed E-state index contributed by atoms with van der Waals surface area (Å²) < 4.78 is 5.85. The van der Waals surface area contributed by atoms with E-state index in [0.717, 1.165) is 6.42 Å². The van der Waals surface area contributed by atoms with Crippen molar-refractivity contribution in [2.24, 2.45) is 11.8 Å². The first kappa shape index (κ1) is 33.5. The fourth-order valence-corrected chi connectivity index (χ4v) is 4.96. The van der Waals surface area contributed by atoms with Crippen LogP contribution in [0, 0.1) is 11.8 Å². The fourth-order valence-electron chi connectivity index (χ4n) is 4.96. The van der Waals surface area contributed by atoms with Crippen LogP contribution in [0.2, 0.25) is 0 Å². The lowest BCUT2D eigenvalue weighted by atomic mass is 9.94. The van der Waals surface area contributed by atoms with Gasteiger partial charge in [-0.3, -0.25) is 4.79 Å². The first-order valence-corrected chi connectivity index (χ1v) is 15.8. The third kappa shape index (κ3) is 23.2. The van der Waals surface area contributed by atoms with Crippen LogP contribution in [0.1, 0.15) is 182 Å². The summed E-state index contributed by atoms with van der Waals surface area (Å²) in [6.07, 6.45) is 31.7. The Kier molecular flexibility index (Phi) is 26.6. The van der Waals surface area contributed by atoms with Crippen LogP contribution < -0.4 is 0 Å². The molecule has 2 unspecified atom stereocenters. The minimum absolute atomic E-state index is 0.0508. The number of unbranched alkanes of at least 4 members (excludes halogenated alkanes) is 18. The van der Waals surface area contributed by atoms with Gasteiger partial charge in [-0.1, -0.05) is 163 Å². The molecule has 0 aromatic heterocycles. The molecular weight excluding hydrogens is 416 g/mol. The highest BCUT2D eigenvalue weighted by molar-refractivity contribution is 5.71. The van der Waals surface area contributed by atoms with E-state index >= 15 is 0 Å². The Morgan fingerprint density at radius 3 is 1.21 bits per heavy atom. The van der Waals surface area contributed by atoms with Crippen LogP contribution >= 0.6 is 0 Å². The van der Waals surface area contributed by atoms with E-state index in [9.17, 15) is 4.79 Å². The Bertz CT molecular complexity index is 406. The van der Waals surface area contributed by atoms with Crippen molar-refractivity contribution in [3.8, 4) is 0 Å². The predicted octanol–water partition coefficient (Wildman–Crippen LogP) is 11.2. The first-order valence-electron chi connectivity index (χ1n) is 15.8. The van der Waals surface area contributed by atoms with Crippen molar-refractivity contribution in [1.82, 2.24) is 0 Å². The number of carbonyl (C=O) groups excluding carboxylic acids is 1. The summed E-state index contributed by atoms with van der Waals surface area (Å²) >= 11 is 0. The maximum atomic E-state index is 12.6. The molecule has 0 saturated carbocycles. The number of carbonyl (C=O) groups is 1. The van der Waals surface area contributed by atoms with Crippen molar-refractivity contribution in [3.05, 3.63) is 0 Å². The van der Waals surface area contributed by atoms with Gasteiger partial charge in [0.25, 0.3) is 0 Å². The molecule has 0 aromatic carbocycles. The molecule has 0 rings (SSSR count). The van der Waals surface area contributed by atoms with E-state index in [0.29, 0.717) is 12.5 Å². The van der Waals surface area contributed by atoms with Crippen LogP contribution in [0.15, 0.2) is 0 Å². The smallest absolute Gasteiger partial charge is 0.308 e. The molecule has 0 bridgehead atoms. The highest BCUT2D eigenvalue weighted by atomic mass is 16.5. The molecule has 0 spiro atoms. The Balaban J connectivity index is 4.06. The van der Waals surface area contributed by atoms with E-state index in [1.165, 1.54) is 148 Å². The molecule has 0 saturated heterocycles. The average molecular weight is 481 g/mol. The predicted molar refractivity (Wildman–Crippen MR) is 151 cm³/mol. The SMILES string of the molecule is CCCCCCCCCCC(CCCCCCC)COC(=O)C(C)CCCCCCCCCC. The lowest BCUT2D eigenvalue weighted by Crippen LogP contribution is -2.20. The molecule has 0 aromatic rings. The third-order valence-corrected chi connectivity index (χ3v) is 7.54. The van der Waals surface area contributed by atoms with Crippen molar-refractivity contribution in [2.75, 3.05) is 6.61 Å². The Hall–Kier alpha value is -0.530. The van der Waals surface area contributed by atoms with Crippen molar-refractivity contribution in [2.45, 2.75) is 182 Å². The Labute approximate surface area is 215 Å². The van der Waals surface area contributed by atoms with E-state index < -0.39 is 0 Å². The number of esters is 1. The highest BCUT2D eigenvalue weighted by Gasteiger charge is 2.17. The molecular formula is C32H64O2. The summed E-state index contributed by atoms with van der Waals surface area (Å²) in [6, 6.07) is 0. The van der Waals surface area contributed by atoms with Crippen molar-refractivity contribution < 1.29 is 9.53 Å². The van der Waals surface area contributed by atoms with Crippen LogP contribution in [0.3, 0.4) is 0 Å². The van der Waals surface area contributed by atoms with Crippen LogP contribution in [0.25, 0.3) is 0 Å². The zero-order chi connectivity index (χ0) is 25.1. The van der Waals surface area contributed by atoms with Gasteiger partial charge in [-0.15, -0.1) is 0 Å². The summed E-state index contributed by atoms with van der Waals surface area (Å²) in [5.41, 5.74) is 0. The minimum atomic E-state index is 0.0508.